The maximum absolute atomic E-state index is 5.79. The van der Waals surface area contributed by atoms with Crippen molar-refractivity contribution in [2.75, 3.05) is 6.54 Å². The molecule has 0 saturated heterocycles. The van der Waals surface area contributed by atoms with Gasteiger partial charge in [0.2, 0.25) is 0 Å². The third-order valence-electron chi connectivity index (χ3n) is 2.56. The van der Waals surface area contributed by atoms with Crippen LogP contribution in [0.3, 0.4) is 0 Å². The summed E-state index contributed by atoms with van der Waals surface area (Å²) < 4.78 is 0. The van der Waals surface area contributed by atoms with E-state index in [4.69, 9.17) is 5.73 Å². The third-order valence-corrected chi connectivity index (χ3v) is 3.47. The summed E-state index contributed by atoms with van der Waals surface area (Å²) in [4.78, 5) is 5.58. The topological polar surface area (TPSA) is 50.9 Å². The monoisotopic (exact) mass is 223 g/mol. The van der Waals surface area contributed by atoms with Crippen molar-refractivity contribution in [2.45, 2.75) is 25.9 Å². The molecule has 1 aliphatic rings. The highest BCUT2D eigenvalue weighted by atomic mass is 32.1. The number of nitrogens with zero attached hydrogens (tertiary/aromatic N) is 1. The number of thiazole rings is 1. The molecule has 0 spiro atoms. The average Bonchev–Trinajstić information content (AvgIpc) is 2.76. The Labute approximate surface area is 94.4 Å². The third kappa shape index (κ3) is 3.12. The van der Waals surface area contributed by atoms with Crippen LogP contribution >= 0.6 is 11.3 Å². The molecule has 0 saturated carbocycles. The van der Waals surface area contributed by atoms with Gasteiger partial charge in [-0.25, -0.2) is 4.98 Å². The maximum Gasteiger partial charge on any atom is 0.107 e. The van der Waals surface area contributed by atoms with Crippen LogP contribution in [0.2, 0.25) is 0 Å². The molecule has 1 aliphatic carbocycles. The van der Waals surface area contributed by atoms with Gasteiger partial charge in [0.1, 0.15) is 5.01 Å². The first-order valence-electron chi connectivity index (χ1n) is 5.30. The number of rotatable bonds is 4. The van der Waals surface area contributed by atoms with E-state index in [9.17, 15) is 0 Å². The van der Waals surface area contributed by atoms with Gasteiger partial charge in [-0.2, -0.15) is 0 Å². The second-order valence-electron chi connectivity index (χ2n) is 4.04. The van der Waals surface area contributed by atoms with Crippen LogP contribution in [0.25, 0.3) is 0 Å². The number of aryl methyl sites for hydroxylation is 1. The lowest BCUT2D eigenvalue weighted by Gasteiger charge is -2.09. The Balaban J connectivity index is 1.69. The standard InChI is InChI=1S/C11H17N3S/c1-8-5-14-11(15-8)7-13-6-9-2-3-10(12)4-9/h2-3,5,9-10,13H,4,6-7,12H2,1H3. The molecule has 3 N–H and O–H groups in total. The van der Waals surface area contributed by atoms with E-state index >= 15 is 0 Å². The summed E-state index contributed by atoms with van der Waals surface area (Å²) in [6, 6.07) is 0.263. The average molecular weight is 223 g/mol. The predicted molar refractivity (Wildman–Crippen MR) is 63.8 cm³/mol. The molecule has 3 nitrogen and oxygen atoms in total. The number of hydrogen-bond acceptors (Lipinski definition) is 4. The Hall–Kier alpha value is -0.710. The second kappa shape index (κ2) is 4.88. The molecule has 1 aromatic heterocycles. The van der Waals surface area contributed by atoms with Crippen LogP contribution in [0.15, 0.2) is 18.3 Å². The van der Waals surface area contributed by atoms with Gasteiger partial charge in [0.05, 0.1) is 0 Å². The minimum absolute atomic E-state index is 0.263. The Morgan fingerprint density at radius 2 is 2.47 bits per heavy atom. The van der Waals surface area contributed by atoms with Gasteiger partial charge >= 0.3 is 0 Å². The first kappa shape index (κ1) is 10.8. The van der Waals surface area contributed by atoms with Crippen molar-refractivity contribution in [1.29, 1.82) is 0 Å². The highest BCUT2D eigenvalue weighted by molar-refractivity contribution is 7.11. The Morgan fingerprint density at radius 1 is 1.60 bits per heavy atom. The van der Waals surface area contributed by atoms with Gasteiger partial charge in [-0.15, -0.1) is 11.3 Å². The van der Waals surface area contributed by atoms with Crippen molar-refractivity contribution in [1.82, 2.24) is 10.3 Å². The van der Waals surface area contributed by atoms with Crippen LogP contribution < -0.4 is 11.1 Å². The highest BCUT2D eigenvalue weighted by Crippen LogP contribution is 2.15. The summed E-state index contributed by atoms with van der Waals surface area (Å²) >= 11 is 1.75. The number of nitrogens with two attached hydrogens (primary N) is 1. The van der Waals surface area contributed by atoms with E-state index in [0.29, 0.717) is 5.92 Å². The summed E-state index contributed by atoms with van der Waals surface area (Å²) in [5, 5.41) is 4.58. The van der Waals surface area contributed by atoms with Crippen molar-refractivity contribution in [3.05, 3.63) is 28.2 Å². The molecule has 0 radical (unpaired) electrons. The van der Waals surface area contributed by atoms with Crippen molar-refractivity contribution in [3.8, 4) is 0 Å². The zero-order chi connectivity index (χ0) is 10.7. The van der Waals surface area contributed by atoms with Crippen LogP contribution in [0.4, 0.5) is 0 Å². The molecule has 82 valence electrons. The van der Waals surface area contributed by atoms with Crippen molar-refractivity contribution in [3.63, 3.8) is 0 Å². The second-order valence-corrected chi connectivity index (χ2v) is 5.36. The van der Waals surface area contributed by atoms with Gasteiger partial charge in [-0.1, -0.05) is 12.2 Å². The largest absolute Gasteiger partial charge is 0.324 e. The number of hydrogen-bond donors (Lipinski definition) is 2. The van der Waals surface area contributed by atoms with Crippen molar-refractivity contribution < 1.29 is 0 Å². The fourth-order valence-electron chi connectivity index (χ4n) is 1.81. The molecule has 1 aromatic rings. The van der Waals surface area contributed by atoms with Crippen molar-refractivity contribution >= 4 is 11.3 Å². The molecule has 0 bridgehead atoms. The molecule has 0 amide bonds. The summed E-state index contributed by atoms with van der Waals surface area (Å²) in [5.74, 6) is 0.598. The summed E-state index contributed by atoms with van der Waals surface area (Å²) in [5.41, 5.74) is 5.79. The van der Waals surface area contributed by atoms with Gasteiger partial charge < -0.3 is 11.1 Å². The lowest BCUT2D eigenvalue weighted by atomic mass is 10.1. The molecule has 1 heterocycles. The van der Waals surface area contributed by atoms with Gasteiger partial charge in [0.15, 0.2) is 0 Å². The van der Waals surface area contributed by atoms with E-state index in [1.54, 1.807) is 11.3 Å². The number of nitrogens with one attached hydrogen (secondary N) is 1. The highest BCUT2D eigenvalue weighted by Gasteiger charge is 2.14. The molecule has 0 aromatic carbocycles. The SMILES string of the molecule is Cc1cnc(CNCC2C=CC(N)C2)s1. The summed E-state index contributed by atoms with van der Waals surface area (Å²) in [7, 11) is 0. The van der Waals surface area contributed by atoms with Crippen LogP contribution in [0, 0.1) is 12.8 Å². The van der Waals surface area contributed by atoms with Gasteiger partial charge in [-0.05, 0) is 19.3 Å². The van der Waals surface area contributed by atoms with Crippen LogP contribution in [0.5, 0.6) is 0 Å². The minimum Gasteiger partial charge on any atom is -0.324 e. The molecular formula is C11H17N3S. The molecule has 15 heavy (non-hydrogen) atoms. The fraction of sp³-hybridized carbons (Fsp3) is 0.545. The molecule has 2 atom stereocenters. The van der Waals surface area contributed by atoms with Crippen molar-refractivity contribution in [2.24, 2.45) is 11.7 Å². The van der Waals surface area contributed by atoms with Gasteiger partial charge in [0.25, 0.3) is 0 Å². The zero-order valence-electron chi connectivity index (χ0n) is 8.94. The minimum atomic E-state index is 0.263. The van der Waals surface area contributed by atoms with Gasteiger partial charge in [-0.3, -0.25) is 0 Å². The molecule has 2 unspecified atom stereocenters. The first-order chi connectivity index (χ1) is 7.24. The summed E-state index contributed by atoms with van der Waals surface area (Å²) in [6.45, 7) is 3.96. The maximum atomic E-state index is 5.79. The molecule has 0 fully saturated rings. The fourth-order valence-corrected chi connectivity index (χ4v) is 2.56. The normalized spacial score (nSPS) is 24.9. The van der Waals surface area contributed by atoms with E-state index < -0.39 is 0 Å². The summed E-state index contributed by atoms with van der Waals surface area (Å²) in [6.07, 6.45) is 7.31. The van der Waals surface area contributed by atoms with Crippen LogP contribution in [-0.4, -0.2) is 17.6 Å². The number of aromatic nitrogens is 1. The first-order valence-corrected chi connectivity index (χ1v) is 6.11. The quantitative estimate of drug-likeness (QED) is 0.760. The smallest absolute Gasteiger partial charge is 0.107 e. The molecule has 2 rings (SSSR count). The van der Waals surface area contributed by atoms with Crippen LogP contribution in [-0.2, 0) is 6.54 Å². The van der Waals surface area contributed by atoms with E-state index in [-0.39, 0.29) is 6.04 Å². The van der Waals surface area contributed by atoms with E-state index in [0.717, 1.165) is 19.5 Å². The zero-order valence-corrected chi connectivity index (χ0v) is 9.76. The van der Waals surface area contributed by atoms with E-state index in [1.165, 1.54) is 9.88 Å². The van der Waals surface area contributed by atoms with Crippen LogP contribution in [0.1, 0.15) is 16.3 Å². The molecule has 4 heteroatoms. The molecule has 0 aliphatic heterocycles. The van der Waals surface area contributed by atoms with E-state index in [1.807, 2.05) is 6.20 Å². The molecular weight excluding hydrogens is 206 g/mol. The van der Waals surface area contributed by atoms with Gasteiger partial charge in [0, 0.05) is 30.2 Å². The Morgan fingerprint density at radius 3 is 3.07 bits per heavy atom. The Kier molecular flexibility index (Phi) is 3.51. The lowest BCUT2D eigenvalue weighted by Crippen LogP contribution is -2.23. The van der Waals surface area contributed by atoms with E-state index in [2.05, 4.69) is 29.4 Å². The Bertz CT molecular complexity index is 345. The lowest BCUT2D eigenvalue weighted by molar-refractivity contribution is 0.527. The predicted octanol–water partition coefficient (Wildman–Crippen LogP) is 1.44.